The van der Waals surface area contributed by atoms with Crippen LogP contribution in [0.2, 0.25) is 0 Å². The lowest BCUT2D eigenvalue weighted by Gasteiger charge is -2.26. The van der Waals surface area contributed by atoms with Gasteiger partial charge in [-0.1, -0.05) is 100 Å². The van der Waals surface area contributed by atoms with E-state index in [4.69, 9.17) is 28.4 Å². The Morgan fingerprint density at radius 2 is 0.397 bits per heavy atom. The monoisotopic (exact) mass is 834 g/mol. The van der Waals surface area contributed by atoms with E-state index in [1.807, 2.05) is 109 Å². The van der Waals surface area contributed by atoms with Crippen LogP contribution in [0.5, 0.6) is 34.5 Å². The predicted molar refractivity (Wildman–Crippen MR) is 232 cm³/mol. The molecule has 306 valence electrons. The second-order valence-electron chi connectivity index (χ2n) is 16.4. The summed E-state index contributed by atoms with van der Waals surface area (Å²) in [4.78, 5) is 0. The molecule has 0 radical (unpaired) electrons. The summed E-state index contributed by atoms with van der Waals surface area (Å²) in [7, 11) is 0. The zero-order valence-corrected chi connectivity index (χ0v) is 34.2. The minimum Gasteiger partial charge on any atom is -0.341 e. The SMILES string of the molecule is C1=[N+]2CC[N+]3=Cc4ccccc4OC23Oc2ccccc21.C1=[N+]2CC[N+]3=Cc4ccccc4OC23Oc2ccccc21.C1=[N+]2CC[N+]3=Cc4ccccc4OC23Oc2ccccc21. The van der Waals surface area contributed by atoms with Crippen LogP contribution in [0, 0.1) is 0 Å². The van der Waals surface area contributed by atoms with E-state index >= 15 is 0 Å². The van der Waals surface area contributed by atoms with Gasteiger partial charge in [-0.25, -0.2) is 0 Å². The smallest absolute Gasteiger partial charge is 0.341 e. The van der Waals surface area contributed by atoms with E-state index in [0.29, 0.717) is 0 Å². The summed E-state index contributed by atoms with van der Waals surface area (Å²) in [5.41, 5.74) is 6.54. The summed E-state index contributed by atoms with van der Waals surface area (Å²) >= 11 is 0. The molecule has 15 rings (SSSR count). The molecule has 3 spiro atoms. The first kappa shape index (κ1) is 35.9. The first-order valence-corrected chi connectivity index (χ1v) is 21.4. The van der Waals surface area contributed by atoms with Crippen LogP contribution in [0.3, 0.4) is 0 Å². The quantitative estimate of drug-likeness (QED) is 0.202. The van der Waals surface area contributed by atoms with Crippen LogP contribution >= 0.6 is 0 Å². The van der Waals surface area contributed by atoms with Crippen molar-refractivity contribution in [1.29, 1.82) is 0 Å². The summed E-state index contributed by atoms with van der Waals surface area (Å²) in [6.07, 6.45) is 12.8. The summed E-state index contributed by atoms with van der Waals surface area (Å²) in [5, 5.41) is 0. The van der Waals surface area contributed by atoms with Crippen molar-refractivity contribution in [3.05, 3.63) is 179 Å². The van der Waals surface area contributed by atoms with Crippen LogP contribution in [0.1, 0.15) is 33.4 Å². The average molecular weight is 835 g/mol. The third kappa shape index (κ3) is 5.53. The molecule has 6 aromatic rings. The van der Waals surface area contributed by atoms with Crippen molar-refractivity contribution in [3.63, 3.8) is 0 Å². The van der Waals surface area contributed by atoms with Gasteiger partial charge in [-0.2, -0.15) is 0 Å². The van der Waals surface area contributed by atoms with Crippen LogP contribution in [0.15, 0.2) is 146 Å². The van der Waals surface area contributed by atoms with Gasteiger partial charge in [0.2, 0.25) is 39.3 Å². The molecule has 9 aliphatic rings. The fourth-order valence-electron chi connectivity index (χ4n) is 9.58. The molecular formula is C51H42N6O6+6. The molecule has 6 aromatic carbocycles. The first-order valence-electron chi connectivity index (χ1n) is 21.4. The topological polar surface area (TPSA) is 73.4 Å². The number of benzene rings is 6. The predicted octanol–water partition coefficient (Wildman–Crippen LogP) is 4.98. The minimum absolute atomic E-state index is 0.855. The van der Waals surface area contributed by atoms with Gasteiger partial charge < -0.3 is 28.4 Å². The van der Waals surface area contributed by atoms with Gasteiger partial charge in [0.1, 0.15) is 0 Å². The highest BCUT2D eigenvalue weighted by atomic mass is 16.8. The van der Waals surface area contributed by atoms with Crippen molar-refractivity contribution in [1.82, 2.24) is 0 Å². The van der Waals surface area contributed by atoms with Gasteiger partial charge in [-0.15, -0.1) is 0 Å². The highest BCUT2D eigenvalue weighted by Gasteiger charge is 2.70. The Kier molecular flexibility index (Phi) is 7.72. The molecule has 0 amide bonds. The van der Waals surface area contributed by atoms with Crippen molar-refractivity contribution in [2.24, 2.45) is 0 Å². The third-order valence-corrected chi connectivity index (χ3v) is 12.7. The number of para-hydroxylation sites is 6. The third-order valence-electron chi connectivity index (χ3n) is 12.7. The van der Waals surface area contributed by atoms with Gasteiger partial charge in [0.05, 0.1) is 33.4 Å². The van der Waals surface area contributed by atoms with Crippen LogP contribution in [-0.4, -0.2) is 122 Å². The maximum atomic E-state index is 6.27. The van der Waals surface area contributed by atoms with E-state index in [-0.39, 0.29) is 0 Å². The molecule has 0 aromatic heterocycles. The zero-order valence-electron chi connectivity index (χ0n) is 34.2. The zero-order chi connectivity index (χ0) is 41.6. The summed E-state index contributed by atoms with van der Waals surface area (Å²) < 4.78 is 50.4. The van der Waals surface area contributed by atoms with E-state index < -0.39 is 18.1 Å². The Balaban J connectivity index is 0.0000000957. The van der Waals surface area contributed by atoms with Gasteiger partial charge in [-0.3, -0.25) is 0 Å². The molecule has 0 bridgehead atoms. The van der Waals surface area contributed by atoms with Gasteiger partial charge >= 0.3 is 18.1 Å². The largest absolute Gasteiger partial charge is 0.704 e. The number of hydrogen-bond acceptors (Lipinski definition) is 6. The van der Waals surface area contributed by atoms with Gasteiger partial charge in [0, 0.05) is 0 Å². The van der Waals surface area contributed by atoms with Crippen LogP contribution in [-0.2, 0) is 0 Å². The van der Waals surface area contributed by atoms with Crippen LogP contribution in [0.25, 0.3) is 0 Å². The Morgan fingerprint density at radius 3 is 0.571 bits per heavy atom. The molecule has 9 heterocycles. The fourth-order valence-corrected chi connectivity index (χ4v) is 9.58. The molecule has 0 unspecified atom stereocenters. The molecule has 0 aliphatic carbocycles. The van der Waals surface area contributed by atoms with E-state index in [9.17, 15) is 0 Å². The summed E-state index contributed by atoms with van der Waals surface area (Å²) in [6, 6.07) is 45.7. The minimum atomic E-state index is -0.872. The second kappa shape index (κ2) is 13.6. The highest BCUT2D eigenvalue weighted by molar-refractivity contribution is 5.85. The standard InChI is InChI=1S/3C17H14N2O2/c3*1-3-7-15-13(5-1)11-18-9-10-19-12-14-6-2-4-8-16(14)21-17(18,19)20-15/h3*1-8,11-12H,9-10H2/q3*+2. The summed E-state index contributed by atoms with van der Waals surface area (Å²) in [5.74, 6) is 5.13. The van der Waals surface area contributed by atoms with Crippen LogP contribution < -0.4 is 28.4 Å². The lowest BCUT2D eigenvalue weighted by atomic mass is 10.2. The molecule has 3 saturated heterocycles. The van der Waals surface area contributed by atoms with E-state index in [0.717, 1.165) is 107 Å². The molecule has 12 nitrogen and oxygen atoms in total. The maximum absolute atomic E-state index is 6.27. The lowest BCUT2D eigenvalue weighted by Crippen LogP contribution is -2.59. The Bertz CT molecular complexity index is 2590. The molecule has 12 heteroatoms. The van der Waals surface area contributed by atoms with E-state index in [1.54, 1.807) is 0 Å². The summed E-state index contributed by atoms with van der Waals surface area (Å²) in [6.45, 7) is 5.24. The van der Waals surface area contributed by atoms with E-state index in [1.165, 1.54) is 0 Å². The number of hydrogen-bond donors (Lipinski definition) is 0. The molecule has 9 aliphatic heterocycles. The van der Waals surface area contributed by atoms with Crippen molar-refractivity contribution < 1.29 is 55.9 Å². The number of rotatable bonds is 0. The normalized spacial score (nSPS) is 19.8. The van der Waals surface area contributed by atoms with Gasteiger partial charge in [0.15, 0.2) is 71.8 Å². The fraction of sp³-hybridized carbons (Fsp3) is 0.176. The number of nitrogens with zero attached hydrogens (tertiary/aromatic N) is 6. The Hall–Kier alpha value is -7.86. The average Bonchev–Trinajstić information content (AvgIpc) is 3.99. The van der Waals surface area contributed by atoms with Crippen LogP contribution in [0.4, 0.5) is 0 Å². The Morgan fingerprint density at radius 1 is 0.238 bits per heavy atom. The molecular weight excluding hydrogens is 793 g/mol. The maximum Gasteiger partial charge on any atom is 0.704 e. The van der Waals surface area contributed by atoms with Crippen molar-refractivity contribution >= 4 is 37.3 Å². The number of ether oxygens (including phenoxy) is 6. The van der Waals surface area contributed by atoms with E-state index in [2.05, 4.69) is 101 Å². The number of fused-ring (bicyclic) bond motifs is 6. The molecule has 0 N–H and O–H groups in total. The second-order valence-corrected chi connectivity index (χ2v) is 16.4. The van der Waals surface area contributed by atoms with Gasteiger partial charge in [0.25, 0.3) is 0 Å². The Labute approximate surface area is 362 Å². The lowest BCUT2D eigenvalue weighted by molar-refractivity contribution is -0.855. The van der Waals surface area contributed by atoms with Crippen molar-refractivity contribution in [2.75, 3.05) is 39.3 Å². The molecule has 0 atom stereocenters. The molecule has 3 fully saturated rings. The molecule has 63 heavy (non-hydrogen) atoms. The first-order chi connectivity index (χ1) is 31.1. The van der Waals surface area contributed by atoms with Gasteiger partial charge in [-0.05, 0) is 72.8 Å². The van der Waals surface area contributed by atoms with Crippen molar-refractivity contribution in [2.45, 2.75) is 18.1 Å². The van der Waals surface area contributed by atoms with Crippen molar-refractivity contribution in [3.8, 4) is 34.5 Å². The highest BCUT2D eigenvalue weighted by Crippen LogP contribution is 2.39. The molecule has 0 saturated carbocycles.